The molecule has 0 atom stereocenters. The summed E-state index contributed by atoms with van der Waals surface area (Å²) in [7, 11) is 1.75. The number of hydrogen-bond donors (Lipinski definition) is 1. The maximum absolute atomic E-state index is 5.75. The van der Waals surface area contributed by atoms with Gasteiger partial charge in [0.2, 0.25) is 0 Å². The second-order valence-electron chi connectivity index (χ2n) is 6.47. The number of hydrogen-bond acceptors (Lipinski definition) is 3. The van der Waals surface area contributed by atoms with Crippen LogP contribution in [0.25, 0.3) is 0 Å². The molecule has 0 aliphatic rings. The summed E-state index contributed by atoms with van der Waals surface area (Å²) in [6.45, 7) is 15.5. The van der Waals surface area contributed by atoms with Crippen LogP contribution < -0.4 is 5.32 Å². The van der Waals surface area contributed by atoms with Gasteiger partial charge in [0, 0.05) is 31.7 Å². The van der Waals surface area contributed by atoms with E-state index >= 15 is 0 Å². The van der Waals surface area contributed by atoms with Crippen LogP contribution in [0.4, 0.5) is 0 Å². The smallest absolute Gasteiger partial charge is 0.0644 e. The summed E-state index contributed by atoms with van der Waals surface area (Å²) in [5.41, 5.74) is 0.0990. The third kappa shape index (κ3) is 9.57. The molecule has 0 radical (unpaired) electrons. The number of ether oxygens (including phenoxy) is 2. The lowest BCUT2D eigenvalue weighted by atomic mass is 9.94. The lowest BCUT2D eigenvalue weighted by Crippen LogP contribution is -2.37. The molecular formula is C14H31NO2. The predicted octanol–water partition coefficient (Wildman–Crippen LogP) is 2.84. The molecule has 0 rings (SSSR count). The van der Waals surface area contributed by atoms with Crippen molar-refractivity contribution in [1.29, 1.82) is 0 Å². The molecule has 0 amide bonds. The van der Waals surface area contributed by atoms with E-state index in [0.29, 0.717) is 6.04 Å². The zero-order valence-corrected chi connectivity index (χ0v) is 12.7. The highest BCUT2D eigenvalue weighted by Gasteiger charge is 2.20. The summed E-state index contributed by atoms with van der Waals surface area (Å²) >= 11 is 0. The van der Waals surface area contributed by atoms with Crippen molar-refractivity contribution in [3.8, 4) is 0 Å². The van der Waals surface area contributed by atoms with Crippen LogP contribution >= 0.6 is 0 Å². The van der Waals surface area contributed by atoms with Crippen molar-refractivity contribution >= 4 is 0 Å². The molecule has 0 unspecified atom stereocenters. The molecule has 0 aromatic carbocycles. The third-order valence-electron chi connectivity index (χ3n) is 2.88. The van der Waals surface area contributed by atoms with Gasteiger partial charge in [-0.1, -0.05) is 27.7 Å². The van der Waals surface area contributed by atoms with Crippen molar-refractivity contribution in [3.63, 3.8) is 0 Å². The SMILES string of the molecule is COC(C)(C)CCOCC(C)(C)CNC(C)C. The van der Waals surface area contributed by atoms with Gasteiger partial charge in [-0.3, -0.25) is 0 Å². The van der Waals surface area contributed by atoms with Crippen molar-refractivity contribution in [2.75, 3.05) is 26.9 Å². The van der Waals surface area contributed by atoms with Gasteiger partial charge in [-0.05, 0) is 20.3 Å². The molecule has 0 spiro atoms. The molecule has 0 heterocycles. The molecule has 0 aromatic rings. The van der Waals surface area contributed by atoms with Crippen molar-refractivity contribution in [2.45, 2.75) is 59.6 Å². The number of nitrogens with one attached hydrogen (secondary N) is 1. The summed E-state index contributed by atoms with van der Waals surface area (Å²) in [6.07, 6.45) is 0.928. The highest BCUT2D eigenvalue weighted by molar-refractivity contribution is 4.73. The minimum absolute atomic E-state index is 0.0830. The van der Waals surface area contributed by atoms with E-state index in [1.54, 1.807) is 7.11 Å². The second-order valence-corrected chi connectivity index (χ2v) is 6.47. The molecule has 0 bridgehead atoms. The van der Waals surface area contributed by atoms with Crippen LogP contribution in [0, 0.1) is 5.41 Å². The van der Waals surface area contributed by atoms with E-state index in [-0.39, 0.29) is 11.0 Å². The van der Waals surface area contributed by atoms with E-state index in [1.807, 2.05) is 0 Å². The van der Waals surface area contributed by atoms with Crippen molar-refractivity contribution < 1.29 is 9.47 Å². The Hall–Kier alpha value is -0.120. The van der Waals surface area contributed by atoms with E-state index in [0.717, 1.165) is 26.2 Å². The Kier molecular flexibility index (Phi) is 7.29. The molecule has 0 aromatic heterocycles. The summed E-state index contributed by atoms with van der Waals surface area (Å²) < 4.78 is 11.1. The van der Waals surface area contributed by atoms with Crippen molar-refractivity contribution in [2.24, 2.45) is 5.41 Å². The highest BCUT2D eigenvalue weighted by Crippen LogP contribution is 2.17. The Morgan fingerprint density at radius 3 is 2.18 bits per heavy atom. The van der Waals surface area contributed by atoms with E-state index in [9.17, 15) is 0 Å². The van der Waals surface area contributed by atoms with Gasteiger partial charge in [0.05, 0.1) is 12.2 Å². The molecule has 0 saturated heterocycles. The van der Waals surface area contributed by atoms with Crippen LogP contribution in [0.1, 0.15) is 48.0 Å². The highest BCUT2D eigenvalue weighted by atomic mass is 16.5. The van der Waals surface area contributed by atoms with Gasteiger partial charge in [-0.15, -0.1) is 0 Å². The number of methoxy groups -OCH3 is 1. The summed E-state index contributed by atoms with van der Waals surface area (Å²) in [5, 5.41) is 3.45. The molecule has 3 heteroatoms. The van der Waals surface area contributed by atoms with E-state index in [4.69, 9.17) is 9.47 Å². The molecule has 17 heavy (non-hydrogen) atoms. The normalized spacial score (nSPS) is 13.4. The van der Waals surface area contributed by atoms with Gasteiger partial charge in [0.25, 0.3) is 0 Å². The van der Waals surface area contributed by atoms with Gasteiger partial charge >= 0.3 is 0 Å². The third-order valence-corrected chi connectivity index (χ3v) is 2.88. The first kappa shape index (κ1) is 16.9. The Labute approximate surface area is 107 Å². The van der Waals surface area contributed by atoms with Crippen molar-refractivity contribution in [1.82, 2.24) is 5.32 Å². The van der Waals surface area contributed by atoms with Gasteiger partial charge in [0.15, 0.2) is 0 Å². The Bertz CT molecular complexity index is 200. The van der Waals surface area contributed by atoms with Gasteiger partial charge in [0.1, 0.15) is 0 Å². The zero-order chi connectivity index (χ0) is 13.5. The van der Waals surface area contributed by atoms with Crippen molar-refractivity contribution in [3.05, 3.63) is 0 Å². The van der Waals surface area contributed by atoms with Crippen LogP contribution in [0.5, 0.6) is 0 Å². The van der Waals surface area contributed by atoms with Crippen LogP contribution in [0.15, 0.2) is 0 Å². The molecule has 0 aliphatic carbocycles. The zero-order valence-electron chi connectivity index (χ0n) is 12.7. The van der Waals surface area contributed by atoms with Crippen LogP contribution in [0.3, 0.4) is 0 Å². The maximum Gasteiger partial charge on any atom is 0.0644 e. The predicted molar refractivity (Wildman–Crippen MR) is 73.4 cm³/mol. The first-order chi connectivity index (χ1) is 7.68. The quantitative estimate of drug-likeness (QED) is 0.634. The fourth-order valence-electron chi connectivity index (χ4n) is 1.30. The van der Waals surface area contributed by atoms with Gasteiger partial charge in [-0.2, -0.15) is 0 Å². The molecule has 0 saturated carbocycles. The van der Waals surface area contributed by atoms with Crippen LogP contribution in [-0.2, 0) is 9.47 Å². The molecule has 3 nitrogen and oxygen atoms in total. The minimum Gasteiger partial charge on any atom is -0.381 e. The topological polar surface area (TPSA) is 30.5 Å². The van der Waals surface area contributed by atoms with Gasteiger partial charge in [-0.25, -0.2) is 0 Å². The van der Waals surface area contributed by atoms with Gasteiger partial charge < -0.3 is 14.8 Å². The fraction of sp³-hybridized carbons (Fsp3) is 1.00. The standard InChI is InChI=1S/C14H31NO2/c1-12(2)15-10-13(3,4)11-17-9-8-14(5,6)16-7/h12,15H,8-11H2,1-7H3. The molecule has 1 N–H and O–H groups in total. The number of rotatable bonds is 9. The Morgan fingerprint density at radius 1 is 1.12 bits per heavy atom. The maximum atomic E-state index is 5.75. The summed E-state index contributed by atoms with van der Waals surface area (Å²) in [4.78, 5) is 0. The molecule has 104 valence electrons. The average molecular weight is 245 g/mol. The van der Waals surface area contributed by atoms with Crippen LogP contribution in [-0.4, -0.2) is 38.5 Å². The monoisotopic (exact) mass is 245 g/mol. The largest absolute Gasteiger partial charge is 0.381 e. The molecule has 0 aliphatic heterocycles. The lowest BCUT2D eigenvalue weighted by molar-refractivity contribution is -0.0211. The fourth-order valence-corrected chi connectivity index (χ4v) is 1.30. The molecular weight excluding hydrogens is 214 g/mol. The van der Waals surface area contributed by atoms with E-state index in [1.165, 1.54) is 0 Å². The Balaban J connectivity index is 3.72. The van der Waals surface area contributed by atoms with E-state index < -0.39 is 0 Å². The second kappa shape index (κ2) is 7.34. The summed E-state index contributed by atoms with van der Waals surface area (Å²) in [5.74, 6) is 0. The first-order valence-electron chi connectivity index (χ1n) is 6.55. The minimum atomic E-state index is -0.0830. The Morgan fingerprint density at radius 2 is 1.71 bits per heavy atom. The lowest BCUT2D eigenvalue weighted by Gasteiger charge is -2.27. The average Bonchev–Trinajstić information content (AvgIpc) is 2.22. The van der Waals surface area contributed by atoms with Crippen LogP contribution in [0.2, 0.25) is 0 Å². The van der Waals surface area contributed by atoms with E-state index in [2.05, 4.69) is 46.9 Å². The first-order valence-corrected chi connectivity index (χ1v) is 6.55. The molecule has 0 fully saturated rings. The summed E-state index contributed by atoms with van der Waals surface area (Å²) in [6, 6.07) is 0.529.